The van der Waals surface area contributed by atoms with Crippen molar-refractivity contribution in [3.8, 4) is 5.88 Å². The van der Waals surface area contributed by atoms with Crippen molar-refractivity contribution in [2.24, 2.45) is 0 Å². The molecule has 0 aliphatic heterocycles. The fourth-order valence-electron chi connectivity index (χ4n) is 1.85. The summed E-state index contributed by atoms with van der Waals surface area (Å²) in [5.41, 5.74) is 2.66. The maximum atomic E-state index is 5.11. The maximum absolute atomic E-state index is 5.11. The third-order valence-corrected chi connectivity index (χ3v) is 2.61. The molecule has 70 valence electrons. The second-order valence-electron chi connectivity index (χ2n) is 3.52. The van der Waals surface area contributed by atoms with Crippen LogP contribution in [0.1, 0.15) is 30.5 Å². The van der Waals surface area contributed by atoms with E-state index in [4.69, 9.17) is 4.74 Å². The molecule has 13 heavy (non-hydrogen) atoms. The summed E-state index contributed by atoms with van der Waals surface area (Å²) in [5.74, 6) is 0.751. The largest absolute Gasteiger partial charge is 0.481 e. The third-order valence-electron chi connectivity index (χ3n) is 2.61. The highest BCUT2D eigenvalue weighted by atomic mass is 16.5. The minimum atomic E-state index is 0.751. The molecule has 1 aliphatic carbocycles. The Morgan fingerprint density at radius 1 is 1.15 bits per heavy atom. The Morgan fingerprint density at radius 3 is 2.85 bits per heavy atom. The molecule has 0 bridgehead atoms. The van der Waals surface area contributed by atoms with Gasteiger partial charge in [0.1, 0.15) is 0 Å². The number of hydrogen-bond acceptors (Lipinski definition) is 2. The molecule has 0 unspecified atom stereocenters. The van der Waals surface area contributed by atoms with Gasteiger partial charge in [0.25, 0.3) is 0 Å². The highest BCUT2D eigenvalue weighted by molar-refractivity contribution is 5.26. The first-order chi connectivity index (χ1) is 6.40. The van der Waals surface area contributed by atoms with E-state index in [1.54, 1.807) is 7.11 Å². The van der Waals surface area contributed by atoms with Crippen LogP contribution in [0.2, 0.25) is 0 Å². The number of aryl methyl sites for hydroxylation is 2. The molecular weight excluding hydrogens is 162 g/mol. The highest BCUT2D eigenvalue weighted by Crippen LogP contribution is 2.21. The van der Waals surface area contributed by atoms with Gasteiger partial charge in [-0.1, -0.05) is 12.5 Å². The van der Waals surface area contributed by atoms with Crippen LogP contribution in [-0.2, 0) is 12.8 Å². The smallest absolute Gasteiger partial charge is 0.213 e. The van der Waals surface area contributed by atoms with Crippen LogP contribution in [0, 0.1) is 0 Å². The van der Waals surface area contributed by atoms with Gasteiger partial charge in [0, 0.05) is 11.8 Å². The molecule has 2 heteroatoms. The number of methoxy groups -OCH3 is 1. The van der Waals surface area contributed by atoms with Crippen LogP contribution in [-0.4, -0.2) is 12.1 Å². The summed E-state index contributed by atoms with van der Waals surface area (Å²) in [6, 6.07) is 4.12. The van der Waals surface area contributed by atoms with Crippen LogP contribution in [0.15, 0.2) is 12.1 Å². The van der Waals surface area contributed by atoms with E-state index in [0.717, 1.165) is 12.3 Å². The molecule has 0 saturated carbocycles. The van der Waals surface area contributed by atoms with E-state index >= 15 is 0 Å². The first kappa shape index (κ1) is 8.54. The van der Waals surface area contributed by atoms with Crippen LogP contribution in [0.4, 0.5) is 0 Å². The highest BCUT2D eigenvalue weighted by Gasteiger charge is 2.09. The molecule has 0 N–H and O–H groups in total. The molecule has 0 amide bonds. The van der Waals surface area contributed by atoms with Gasteiger partial charge in [-0.25, -0.2) is 4.98 Å². The molecule has 0 saturated heterocycles. The lowest BCUT2D eigenvalue weighted by Gasteiger charge is -2.05. The van der Waals surface area contributed by atoms with Gasteiger partial charge in [0.15, 0.2) is 0 Å². The molecule has 1 heterocycles. The van der Waals surface area contributed by atoms with Gasteiger partial charge < -0.3 is 4.74 Å². The van der Waals surface area contributed by atoms with E-state index < -0.39 is 0 Å². The minimum absolute atomic E-state index is 0.751. The van der Waals surface area contributed by atoms with Crippen molar-refractivity contribution in [1.82, 2.24) is 4.98 Å². The lowest BCUT2D eigenvalue weighted by molar-refractivity contribution is 0.396. The lowest BCUT2D eigenvalue weighted by Crippen LogP contribution is -1.97. The summed E-state index contributed by atoms with van der Waals surface area (Å²) in [6.45, 7) is 0. The van der Waals surface area contributed by atoms with Crippen molar-refractivity contribution in [3.63, 3.8) is 0 Å². The van der Waals surface area contributed by atoms with Crippen LogP contribution in [0.5, 0.6) is 5.88 Å². The van der Waals surface area contributed by atoms with Gasteiger partial charge in [0.05, 0.1) is 7.11 Å². The molecule has 0 radical (unpaired) electrons. The Kier molecular flexibility index (Phi) is 2.48. The summed E-state index contributed by atoms with van der Waals surface area (Å²) in [5, 5.41) is 0. The molecule has 2 rings (SSSR count). The molecule has 1 aromatic heterocycles. The van der Waals surface area contributed by atoms with Crippen molar-refractivity contribution in [2.45, 2.75) is 32.1 Å². The monoisotopic (exact) mass is 177 g/mol. The van der Waals surface area contributed by atoms with Crippen molar-refractivity contribution >= 4 is 0 Å². The van der Waals surface area contributed by atoms with E-state index in [1.807, 2.05) is 6.07 Å². The van der Waals surface area contributed by atoms with Crippen LogP contribution >= 0.6 is 0 Å². The second kappa shape index (κ2) is 3.77. The number of aromatic nitrogens is 1. The standard InChI is InChI=1S/C11H15NO/c1-13-11-8-7-9-5-3-2-4-6-10(9)12-11/h7-8H,2-6H2,1H3. The fraction of sp³-hybridized carbons (Fsp3) is 0.545. The van der Waals surface area contributed by atoms with Crippen LogP contribution < -0.4 is 4.74 Å². The molecule has 0 spiro atoms. The molecular formula is C11H15NO. The number of fused-ring (bicyclic) bond motifs is 1. The van der Waals surface area contributed by atoms with Gasteiger partial charge in [-0.2, -0.15) is 0 Å². The zero-order chi connectivity index (χ0) is 9.10. The summed E-state index contributed by atoms with van der Waals surface area (Å²) >= 11 is 0. The zero-order valence-electron chi connectivity index (χ0n) is 8.05. The normalized spacial score (nSPS) is 16.1. The third kappa shape index (κ3) is 1.82. The summed E-state index contributed by atoms with van der Waals surface area (Å²) in [7, 11) is 1.67. The van der Waals surface area contributed by atoms with Gasteiger partial charge in [-0.15, -0.1) is 0 Å². The Hall–Kier alpha value is -1.05. The summed E-state index contributed by atoms with van der Waals surface area (Å²) < 4.78 is 5.11. The Morgan fingerprint density at radius 2 is 2.00 bits per heavy atom. The zero-order valence-corrected chi connectivity index (χ0v) is 8.05. The average molecular weight is 177 g/mol. The van der Waals surface area contributed by atoms with E-state index in [1.165, 1.54) is 36.9 Å². The minimum Gasteiger partial charge on any atom is -0.481 e. The number of hydrogen-bond donors (Lipinski definition) is 0. The van der Waals surface area contributed by atoms with E-state index in [-0.39, 0.29) is 0 Å². The molecule has 0 atom stereocenters. The Labute approximate surface area is 78.9 Å². The number of ether oxygens (including phenoxy) is 1. The van der Waals surface area contributed by atoms with Crippen molar-refractivity contribution in [2.75, 3.05) is 7.11 Å². The predicted molar refractivity (Wildman–Crippen MR) is 52.0 cm³/mol. The summed E-state index contributed by atoms with van der Waals surface area (Å²) in [6.07, 6.45) is 6.21. The van der Waals surface area contributed by atoms with E-state index in [9.17, 15) is 0 Å². The first-order valence-electron chi connectivity index (χ1n) is 4.93. The van der Waals surface area contributed by atoms with Gasteiger partial charge in [-0.05, 0) is 31.2 Å². The SMILES string of the molecule is COc1ccc2c(n1)CCCCC2. The fourth-order valence-corrected chi connectivity index (χ4v) is 1.85. The van der Waals surface area contributed by atoms with Crippen molar-refractivity contribution < 1.29 is 4.74 Å². The van der Waals surface area contributed by atoms with Gasteiger partial charge >= 0.3 is 0 Å². The van der Waals surface area contributed by atoms with Gasteiger partial charge in [-0.3, -0.25) is 0 Å². The van der Waals surface area contributed by atoms with Crippen LogP contribution in [0.25, 0.3) is 0 Å². The molecule has 0 aromatic carbocycles. The number of rotatable bonds is 1. The number of pyridine rings is 1. The van der Waals surface area contributed by atoms with Crippen LogP contribution in [0.3, 0.4) is 0 Å². The van der Waals surface area contributed by atoms with Gasteiger partial charge in [0.2, 0.25) is 5.88 Å². The molecule has 1 aromatic rings. The summed E-state index contributed by atoms with van der Waals surface area (Å²) in [4.78, 5) is 4.47. The quantitative estimate of drug-likeness (QED) is 0.614. The van der Waals surface area contributed by atoms with E-state index in [0.29, 0.717) is 0 Å². The Balaban J connectivity index is 2.32. The Bertz CT molecular complexity index is 296. The molecule has 1 aliphatic rings. The molecule has 2 nitrogen and oxygen atoms in total. The first-order valence-corrected chi connectivity index (χ1v) is 4.93. The van der Waals surface area contributed by atoms with Crippen molar-refractivity contribution in [1.29, 1.82) is 0 Å². The average Bonchev–Trinajstić information content (AvgIpc) is 2.41. The predicted octanol–water partition coefficient (Wildman–Crippen LogP) is 2.36. The molecule has 0 fully saturated rings. The lowest BCUT2D eigenvalue weighted by atomic mass is 10.1. The number of nitrogens with zero attached hydrogens (tertiary/aromatic N) is 1. The van der Waals surface area contributed by atoms with E-state index in [2.05, 4.69) is 11.1 Å². The van der Waals surface area contributed by atoms with Crippen molar-refractivity contribution in [3.05, 3.63) is 23.4 Å². The maximum Gasteiger partial charge on any atom is 0.213 e. The second-order valence-corrected chi connectivity index (χ2v) is 3.52. The topological polar surface area (TPSA) is 22.1 Å².